The van der Waals surface area contributed by atoms with Gasteiger partial charge in [0.25, 0.3) is 5.89 Å². The number of hydrogen-bond donors (Lipinski definition) is 1. The molecular formula is C12H9N5O3. The van der Waals surface area contributed by atoms with E-state index in [0.717, 1.165) is 11.3 Å². The van der Waals surface area contributed by atoms with Crippen molar-refractivity contribution in [3.05, 3.63) is 24.5 Å². The van der Waals surface area contributed by atoms with Crippen molar-refractivity contribution in [2.24, 2.45) is 0 Å². The summed E-state index contributed by atoms with van der Waals surface area (Å²) in [4.78, 5) is 8.23. The molecule has 8 heteroatoms. The molecule has 1 N–H and O–H groups in total. The van der Waals surface area contributed by atoms with Gasteiger partial charge in [-0.05, 0) is 18.2 Å². The smallest absolute Gasteiger partial charge is 0.258 e. The Morgan fingerprint density at radius 1 is 1.10 bits per heavy atom. The quantitative estimate of drug-likeness (QED) is 0.749. The van der Waals surface area contributed by atoms with Gasteiger partial charge in [-0.1, -0.05) is 5.16 Å². The summed E-state index contributed by atoms with van der Waals surface area (Å²) in [7, 11) is 0. The number of ether oxygens (including phenoxy) is 2. The van der Waals surface area contributed by atoms with Crippen LogP contribution in [0.2, 0.25) is 0 Å². The first-order chi connectivity index (χ1) is 9.90. The number of H-pyrrole nitrogens is 1. The molecule has 0 aliphatic carbocycles. The van der Waals surface area contributed by atoms with Crippen LogP contribution in [0.4, 0.5) is 0 Å². The third-order valence-corrected chi connectivity index (χ3v) is 2.84. The molecule has 4 rings (SSSR count). The van der Waals surface area contributed by atoms with E-state index >= 15 is 0 Å². The van der Waals surface area contributed by atoms with E-state index in [1.54, 1.807) is 0 Å². The van der Waals surface area contributed by atoms with Gasteiger partial charge < -0.3 is 14.0 Å². The summed E-state index contributed by atoms with van der Waals surface area (Å²) in [5.41, 5.74) is 0.757. The van der Waals surface area contributed by atoms with Gasteiger partial charge in [0, 0.05) is 5.56 Å². The van der Waals surface area contributed by atoms with Crippen LogP contribution in [0, 0.1) is 0 Å². The zero-order valence-corrected chi connectivity index (χ0v) is 10.2. The highest BCUT2D eigenvalue weighted by Gasteiger charge is 2.16. The van der Waals surface area contributed by atoms with Crippen molar-refractivity contribution in [2.75, 3.05) is 13.2 Å². The summed E-state index contributed by atoms with van der Waals surface area (Å²) < 4.78 is 16.2. The van der Waals surface area contributed by atoms with Crippen LogP contribution in [0.15, 0.2) is 29.0 Å². The summed E-state index contributed by atoms with van der Waals surface area (Å²) in [6.45, 7) is 1.09. The molecule has 0 fully saturated rings. The Morgan fingerprint density at radius 2 is 2.00 bits per heavy atom. The third-order valence-electron chi connectivity index (χ3n) is 2.84. The number of benzene rings is 1. The fraction of sp³-hybridized carbons (Fsp3) is 0.167. The van der Waals surface area contributed by atoms with E-state index in [9.17, 15) is 0 Å². The van der Waals surface area contributed by atoms with Gasteiger partial charge in [0.1, 0.15) is 19.5 Å². The second-order valence-electron chi connectivity index (χ2n) is 4.12. The Morgan fingerprint density at radius 3 is 2.85 bits per heavy atom. The molecule has 1 aliphatic rings. The number of nitrogens with zero attached hydrogens (tertiary/aromatic N) is 4. The van der Waals surface area contributed by atoms with Gasteiger partial charge in [0.2, 0.25) is 5.82 Å². The molecule has 3 heterocycles. The first-order valence-electron chi connectivity index (χ1n) is 5.99. The van der Waals surface area contributed by atoms with Crippen molar-refractivity contribution in [2.45, 2.75) is 0 Å². The zero-order valence-electron chi connectivity index (χ0n) is 10.2. The van der Waals surface area contributed by atoms with E-state index in [4.69, 9.17) is 14.0 Å². The van der Waals surface area contributed by atoms with Crippen molar-refractivity contribution in [3.8, 4) is 34.6 Å². The van der Waals surface area contributed by atoms with Gasteiger partial charge in [-0.15, -0.1) is 0 Å². The second-order valence-corrected chi connectivity index (χ2v) is 4.12. The molecule has 100 valence electrons. The number of fused-ring (bicyclic) bond motifs is 1. The number of aromatic nitrogens is 5. The van der Waals surface area contributed by atoms with E-state index < -0.39 is 0 Å². The van der Waals surface area contributed by atoms with Crippen molar-refractivity contribution >= 4 is 0 Å². The molecule has 0 saturated carbocycles. The number of rotatable bonds is 2. The fourth-order valence-electron chi connectivity index (χ4n) is 1.93. The second kappa shape index (κ2) is 4.34. The molecular weight excluding hydrogens is 262 g/mol. The lowest BCUT2D eigenvalue weighted by Crippen LogP contribution is -2.15. The summed E-state index contributed by atoms with van der Waals surface area (Å²) in [5, 5.41) is 10.3. The lowest BCUT2D eigenvalue weighted by Gasteiger charge is -2.18. The molecule has 8 nitrogen and oxygen atoms in total. The van der Waals surface area contributed by atoms with Gasteiger partial charge in [-0.3, -0.25) is 5.10 Å². The van der Waals surface area contributed by atoms with E-state index in [1.807, 2.05) is 18.2 Å². The zero-order chi connectivity index (χ0) is 13.4. The van der Waals surface area contributed by atoms with Crippen LogP contribution in [0.3, 0.4) is 0 Å². The van der Waals surface area contributed by atoms with Crippen molar-refractivity contribution < 1.29 is 14.0 Å². The largest absolute Gasteiger partial charge is 0.486 e. The van der Waals surface area contributed by atoms with Crippen molar-refractivity contribution in [3.63, 3.8) is 0 Å². The topological polar surface area (TPSA) is 99.0 Å². The Labute approximate surface area is 112 Å². The van der Waals surface area contributed by atoms with E-state index in [0.29, 0.717) is 36.5 Å². The molecule has 1 aliphatic heterocycles. The van der Waals surface area contributed by atoms with Gasteiger partial charge in [-0.25, -0.2) is 4.98 Å². The predicted octanol–water partition coefficient (Wildman–Crippen LogP) is 1.29. The highest BCUT2D eigenvalue weighted by atomic mass is 16.6. The SMILES string of the molecule is c1n[nH]c(-c2noc(-c3ccc4c(c3)OCCO4)n2)n1. The van der Waals surface area contributed by atoms with Crippen LogP contribution >= 0.6 is 0 Å². The standard InChI is InChI=1S/C12H9N5O3/c1-2-8-9(19-4-3-18-8)5-7(1)12-15-11(17-20-12)10-13-6-14-16-10/h1-2,5-6H,3-4H2,(H,13,14,16). The van der Waals surface area contributed by atoms with Crippen LogP contribution in [0.1, 0.15) is 0 Å². The summed E-state index contributed by atoms with van der Waals surface area (Å²) in [5.74, 6) is 2.58. The Bertz CT molecular complexity index is 737. The maximum absolute atomic E-state index is 5.52. The predicted molar refractivity (Wildman–Crippen MR) is 66.1 cm³/mol. The van der Waals surface area contributed by atoms with E-state index in [2.05, 4.69) is 25.3 Å². The van der Waals surface area contributed by atoms with Gasteiger partial charge in [-0.2, -0.15) is 10.1 Å². The molecule has 0 amide bonds. The monoisotopic (exact) mass is 271 g/mol. The average Bonchev–Trinajstić information content (AvgIpc) is 3.17. The minimum atomic E-state index is 0.354. The minimum Gasteiger partial charge on any atom is -0.486 e. The van der Waals surface area contributed by atoms with Gasteiger partial charge >= 0.3 is 0 Å². The molecule has 2 aromatic heterocycles. The lowest BCUT2D eigenvalue weighted by molar-refractivity contribution is 0.171. The molecule has 20 heavy (non-hydrogen) atoms. The summed E-state index contributed by atoms with van der Waals surface area (Å²) >= 11 is 0. The van der Waals surface area contributed by atoms with Gasteiger partial charge in [0.15, 0.2) is 17.3 Å². The highest BCUT2D eigenvalue weighted by molar-refractivity contribution is 5.61. The molecule has 0 spiro atoms. The Kier molecular flexibility index (Phi) is 2.38. The minimum absolute atomic E-state index is 0.354. The molecule has 3 aromatic rings. The first-order valence-corrected chi connectivity index (χ1v) is 5.99. The summed E-state index contributed by atoms with van der Waals surface area (Å²) in [6.07, 6.45) is 1.38. The van der Waals surface area contributed by atoms with E-state index in [1.165, 1.54) is 6.33 Å². The molecule has 0 bridgehead atoms. The van der Waals surface area contributed by atoms with E-state index in [-0.39, 0.29) is 0 Å². The lowest BCUT2D eigenvalue weighted by atomic mass is 10.2. The molecule has 0 unspecified atom stereocenters. The number of hydrogen-bond acceptors (Lipinski definition) is 7. The molecule has 0 radical (unpaired) electrons. The number of aromatic amines is 1. The average molecular weight is 271 g/mol. The maximum atomic E-state index is 5.52. The van der Waals surface area contributed by atoms with Gasteiger partial charge in [0.05, 0.1) is 0 Å². The number of nitrogens with one attached hydrogen (secondary N) is 1. The molecule has 1 aromatic carbocycles. The maximum Gasteiger partial charge on any atom is 0.258 e. The van der Waals surface area contributed by atoms with Crippen LogP contribution < -0.4 is 9.47 Å². The third kappa shape index (κ3) is 1.78. The Balaban J connectivity index is 1.71. The molecule has 0 atom stereocenters. The van der Waals surface area contributed by atoms with Crippen LogP contribution in [-0.4, -0.2) is 38.5 Å². The molecule has 0 saturated heterocycles. The first kappa shape index (κ1) is 11.0. The van der Waals surface area contributed by atoms with Crippen LogP contribution in [0.25, 0.3) is 23.1 Å². The van der Waals surface area contributed by atoms with Crippen molar-refractivity contribution in [1.82, 2.24) is 25.3 Å². The van der Waals surface area contributed by atoms with Crippen molar-refractivity contribution in [1.29, 1.82) is 0 Å². The Hall–Kier alpha value is -2.90. The normalized spacial score (nSPS) is 13.4. The summed E-state index contributed by atoms with van der Waals surface area (Å²) in [6, 6.07) is 5.47. The van der Waals surface area contributed by atoms with Crippen LogP contribution in [0.5, 0.6) is 11.5 Å². The fourth-order valence-corrected chi connectivity index (χ4v) is 1.93. The highest BCUT2D eigenvalue weighted by Crippen LogP contribution is 2.34. The van der Waals surface area contributed by atoms with Crippen LogP contribution in [-0.2, 0) is 0 Å².